The standard InChI is InChI=1S/C31H33N3O4S/c1-20-6-9-25(12-21(20)2)32-22(3)27-18-39-31(33-27)17-34(15-23-7-11-28-30(13-23)38-19-37-28)16-24-8-10-26(35-4)14-29(24)36-5/h6-14,18,32H,3,15-17,19H2,1-2,4-5H3. The first-order valence-electron chi connectivity index (χ1n) is 12.7. The Hall–Kier alpha value is -4.01. The molecule has 0 amide bonds. The summed E-state index contributed by atoms with van der Waals surface area (Å²) in [5.41, 5.74) is 7.32. The molecule has 2 heterocycles. The largest absolute Gasteiger partial charge is 0.497 e. The lowest BCUT2D eigenvalue weighted by molar-refractivity contribution is 0.174. The first kappa shape index (κ1) is 26.6. The molecule has 4 aromatic rings. The maximum atomic E-state index is 5.68. The minimum atomic E-state index is 0.257. The highest BCUT2D eigenvalue weighted by Crippen LogP contribution is 2.34. The van der Waals surface area contributed by atoms with Gasteiger partial charge in [0.2, 0.25) is 6.79 Å². The van der Waals surface area contributed by atoms with Crippen LogP contribution in [0.3, 0.4) is 0 Å². The van der Waals surface area contributed by atoms with Crippen LogP contribution in [0.15, 0.2) is 66.6 Å². The van der Waals surface area contributed by atoms with E-state index in [2.05, 4.69) is 60.3 Å². The van der Waals surface area contributed by atoms with Gasteiger partial charge in [-0.05, 0) is 60.9 Å². The van der Waals surface area contributed by atoms with Gasteiger partial charge in [0.1, 0.15) is 16.5 Å². The van der Waals surface area contributed by atoms with E-state index >= 15 is 0 Å². The van der Waals surface area contributed by atoms with Crippen LogP contribution < -0.4 is 24.3 Å². The number of nitrogens with one attached hydrogen (secondary N) is 1. The Balaban J connectivity index is 1.35. The molecule has 0 bridgehead atoms. The van der Waals surface area contributed by atoms with Gasteiger partial charge in [-0.15, -0.1) is 11.3 Å². The number of anilines is 1. The van der Waals surface area contributed by atoms with Crippen molar-refractivity contribution in [2.75, 3.05) is 26.3 Å². The molecule has 1 aliphatic rings. The number of hydrogen-bond donors (Lipinski definition) is 1. The van der Waals surface area contributed by atoms with Gasteiger partial charge in [-0.1, -0.05) is 24.8 Å². The third-order valence-corrected chi connectivity index (χ3v) is 7.59. The van der Waals surface area contributed by atoms with E-state index in [0.717, 1.165) is 56.2 Å². The molecule has 1 aromatic heterocycles. The molecular weight excluding hydrogens is 510 g/mol. The van der Waals surface area contributed by atoms with E-state index in [4.69, 9.17) is 23.9 Å². The number of aryl methyl sites for hydroxylation is 2. The fraction of sp³-hybridized carbons (Fsp3) is 0.258. The number of thiazole rings is 1. The average Bonchev–Trinajstić information content (AvgIpc) is 3.60. The predicted octanol–water partition coefficient (Wildman–Crippen LogP) is 6.79. The topological polar surface area (TPSA) is 65.1 Å². The monoisotopic (exact) mass is 543 g/mol. The van der Waals surface area contributed by atoms with Crippen LogP contribution in [0.25, 0.3) is 5.70 Å². The summed E-state index contributed by atoms with van der Waals surface area (Å²) in [6.07, 6.45) is 0. The molecule has 0 saturated carbocycles. The molecule has 0 unspecified atom stereocenters. The van der Waals surface area contributed by atoms with Crippen LogP contribution in [0.1, 0.15) is 33.0 Å². The number of ether oxygens (including phenoxy) is 4. The number of aromatic nitrogens is 1. The SMILES string of the molecule is C=C(Nc1ccc(C)c(C)c1)c1csc(CN(Cc2ccc3c(c2)OCO3)Cc2ccc(OC)cc2OC)n1. The van der Waals surface area contributed by atoms with Gasteiger partial charge in [0.15, 0.2) is 11.5 Å². The van der Waals surface area contributed by atoms with Gasteiger partial charge >= 0.3 is 0 Å². The van der Waals surface area contributed by atoms with E-state index in [1.165, 1.54) is 11.1 Å². The zero-order chi connectivity index (χ0) is 27.4. The van der Waals surface area contributed by atoms with Crippen molar-refractivity contribution in [1.29, 1.82) is 0 Å². The molecule has 1 N–H and O–H groups in total. The minimum Gasteiger partial charge on any atom is -0.497 e. The fourth-order valence-corrected chi connectivity index (χ4v) is 5.31. The molecule has 0 atom stereocenters. The molecule has 0 saturated heterocycles. The van der Waals surface area contributed by atoms with Gasteiger partial charge in [0, 0.05) is 35.8 Å². The molecule has 39 heavy (non-hydrogen) atoms. The summed E-state index contributed by atoms with van der Waals surface area (Å²) in [6, 6.07) is 18.3. The molecule has 0 radical (unpaired) electrons. The van der Waals surface area contributed by atoms with Crippen molar-refractivity contribution in [1.82, 2.24) is 9.88 Å². The number of benzene rings is 3. The van der Waals surface area contributed by atoms with Crippen molar-refractivity contribution in [2.24, 2.45) is 0 Å². The van der Waals surface area contributed by atoms with Gasteiger partial charge in [-0.25, -0.2) is 4.98 Å². The quantitative estimate of drug-likeness (QED) is 0.223. The summed E-state index contributed by atoms with van der Waals surface area (Å²) < 4.78 is 22.2. The molecule has 0 spiro atoms. The van der Waals surface area contributed by atoms with Crippen molar-refractivity contribution in [2.45, 2.75) is 33.5 Å². The molecule has 202 valence electrons. The number of methoxy groups -OCH3 is 2. The third-order valence-electron chi connectivity index (χ3n) is 6.75. The minimum absolute atomic E-state index is 0.257. The van der Waals surface area contributed by atoms with Crippen LogP contribution >= 0.6 is 11.3 Å². The molecule has 5 rings (SSSR count). The maximum Gasteiger partial charge on any atom is 0.231 e. The zero-order valence-corrected chi connectivity index (χ0v) is 23.6. The lowest BCUT2D eigenvalue weighted by atomic mass is 10.1. The van der Waals surface area contributed by atoms with Crippen LogP contribution in [-0.4, -0.2) is 30.9 Å². The molecule has 0 fully saturated rings. The molecule has 3 aromatic carbocycles. The zero-order valence-electron chi connectivity index (χ0n) is 22.7. The summed E-state index contributed by atoms with van der Waals surface area (Å²) in [4.78, 5) is 7.25. The van der Waals surface area contributed by atoms with Gasteiger partial charge in [-0.2, -0.15) is 0 Å². The van der Waals surface area contributed by atoms with E-state index in [1.807, 2.05) is 30.3 Å². The van der Waals surface area contributed by atoms with Gasteiger partial charge < -0.3 is 24.3 Å². The smallest absolute Gasteiger partial charge is 0.231 e. The Bertz CT molecular complexity index is 1480. The summed E-state index contributed by atoms with van der Waals surface area (Å²) >= 11 is 1.63. The fourth-order valence-electron chi connectivity index (χ4n) is 4.46. The summed E-state index contributed by atoms with van der Waals surface area (Å²) in [6.45, 7) is 10.7. The lowest BCUT2D eigenvalue weighted by Gasteiger charge is -2.23. The summed E-state index contributed by atoms with van der Waals surface area (Å²) in [5.74, 6) is 3.11. The van der Waals surface area contributed by atoms with E-state index in [9.17, 15) is 0 Å². The first-order chi connectivity index (χ1) is 18.9. The Labute approximate surface area is 233 Å². The van der Waals surface area contributed by atoms with Crippen LogP contribution in [0, 0.1) is 13.8 Å². The van der Waals surface area contributed by atoms with Crippen LogP contribution in [0.4, 0.5) is 5.69 Å². The van der Waals surface area contributed by atoms with Crippen molar-refractivity contribution in [3.63, 3.8) is 0 Å². The highest BCUT2D eigenvalue weighted by molar-refractivity contribution is 7.09. The second-order valence-electron chi connectivity index (χ2n) is 9.54. The molecular formula is C31H33N3O4S. The Morgan fingerprint density at radius 3 is 2.59 bits per heavy atom. The molecule has 1 aliphatic heterocycles. The van der Waals surface area contributed by atoms with Crippen LogP contribution in [0.5, 0.6) is 23.0 Å². The van der Waals surface area contributed by atoms with Crippen molar-refractivity contribution in [3.05, 3.63) is 99.5 Å². The van der Waals surface area contributed by atoms with Crippen molar-refractivity contribution >= 4 is 22.7 Å². The Morgan fingerprint density at radius 2 is 1.79 bits per heavy atom. The van der Waals surface area contributed by atoms with E-state index < -0.39 is 0 Å². The predicted molar refractivity (Wildman–Crippen MR) is 156 cm³/mol. The summed E-state index contributed by atoms with van der Waals surface area (Å²) in [5, 5.41) is 6.46. The second-order valence-corrected chi connectivity index (χ2v) is 10.5. The third kappa shape index (κ3) is 6.35. The van der Waals surface area contributed by atoms with Crippen molar-refractivity contribution in [3.8, 4) is 23.0 Å². The number of fused-ring (bicyclic) bond motifs is 1. The van der Waals surface area contributed by atoms with Crippen LogP contribution in [-0.2, 0) is 19.6 Å². The Kier molecular flexibility index (Phi) is 8.05. The normalized spacial score (nSPS) is 12.0. The van der Waals surface area contributed by atoms with Gasteiger partial charge in [-0.3, -0.25) is 4.90 Å². The number of nitrogens with zero attached hydrogens (tertiary/aromatic N) is 2. The number of rotatable bonds is 11. The molecule has 8 heteroatoms. The van der Waals surface area contributed by atoms with E-state index in [1.54, 1.807) is 25.6 Å². The number of hydrogen-bond acceptors (Lipinski definition) is 8. The summed E-state index contributed by atoms with van der Waals surface area (Å²) in [7, 11) is 3.34. The lowest BCUT2D eigenvalue weighted by Crippen LogP contribution is -2.22. The highest BCUT2D eigenvalue weighted by atomic mass is 32.1. The first-order valence-corrected chi connectivity index (χ1v) is 13.6. The molecule has 7 nitrogen and oxygen atoms in total. The average molecular weight is 544 g/mol. The Morgan fingerprint density at radius 1 is 0.949 bits per heavy atom. The van der Waals surface area contributed by atoms with Gasteiger partial charge in [0.05, 0.1) is 32.2 Å². The second kappa shape index (κ2) is 11.8. The maximum absolute atomic E-state index is 5.68. The van der Waals surface area contributed by atoms with Gasteiger partial charge in [0.25, 0.3) is 0 Å². The van der Waals surface area contributed by atoms with E-state index in [0.29, 0.717) is 19.6 Å². The highest BCUT2D eigenvalue weighted by Gasteiger charge is 2.18. The van der Waals surface area contributed by atoms with Crippen LogP contribution in [0.2, 0.25) is 0 Å². The van der Waals surface area contributed by atoms with E-state index in [-0.39, 0.29) is 6.79 Å². The van der Waals surface area contributed by atoms with Crippen molar-refractivity contribution < 1.29 is 18.9 Å². The molecule has 0 aliphatic carbocycles.